The predicted molar refractivity (Wildman–Crippen MR) is 70.9 cm³/mol. The zero-order valence-corrected chi connectivity index (χ0v) is 10.6. The number of nitrogens with one attached hydrogen (secondary N) is 1. The van der Waals surface area contributed by atoms with Crippen molar-refractivity contribution in [3.8, 4) is 0 Å². The van der Waals surface area contributed by atoms with E-state index in [1.807, 2.05) is 12.1 Å². The van der Waals surface area contributed by atoms with Crippen LogP contribution in [0.15, 0.2) is 36.0 Å². The maximum Gasteiger partial charge on any atom is 0.336 e. The summed E-state index contributed by atoms with van der Waals surface area (Å²) in [6, 6.07) is 5.71. The van der Waals surface area contributed by atoms with Crippen molar-refractivity contribution in [2.75, 3.05) is 6.54 Å². The van der Waals surface area contributed by atoms with Gasteiger partial charge in [0.2, 0.25) is 0 Å². The fourth-order valence-electron chi connectivity index (χ4n) is 1.58. The van der Waals surface area contributed by atoms with Crippen molar-refractivity contribution in [1.82, 2.24) is 10.3 Å². The molecule has 0 amide bonds. The number of hydrogen-bond acceptors (Lipinski definition) is 4. The number of rotatable bonds is 6. The Labute approximate surface area is 109 Å². The van der Waals surface area contributed by atoms with E-state index in [4.69, 9.17) is 5.11 Å². The first kappa shape index (κ1) is 12.7. The van der Waals surface area contributed by atoms with Crippen molar-refractivity contribution in [2.24, 2.45) is 0 Å². The molecule has 0 fully saturated rings. The predicted octanol–water partition coefficient (Wildman–Crippen LogP) is 2.17. The smallest absolute Gasteiger partial charge is 0.336 e. The average molecular weight is 262 g/mol. The molecule has 2 heterocycles. The lowest BCUT2D eigenvalue weighted by Gasteiger charge is -2.02. The lowest BCUT2D eigenvalue weighted by molar-refractivity contribution is 0.0697. The summed E-state index contributed by atoms with van der Waals surface area (Å²) in [7, 11) is 0. The molecule has 0 unspecified atom stereocenters. The summed E-state index contributed by atoms with van der Waals surface area (Å²) < 4.78 is 0. The van der Waals surface area contributed by atoms with Gasteiger partial charge in [-0.3, -0.25) is 4.98 Å². The van der Waals surface area contributed by atoms with Gasteiger partial charge in [0, 0.05) is 29.2 Å². The minimum Gasteiger partial charge on any atom is -0.478 e. The standard InChI is InChI=1S/C13H14N2O2S/c16-13(17)11-7-12(18-9-11)8-15-6-3-10-1-4-14-5-2-10/h1-2,4-5,7,9,15H,3,6,8H2,(H,16,17). The van der Waals surface area contributed by atoms with Crippen LogP contribution in [0.2, 0.25) is 0 Å². The van der Waals surface area contributed by atoms with Crippen LogP contribution < -0.4 is 5.32 Å². The molecular weight excluding hydrogens is 248 g/mol. The van der Waals surface area contributed by atoms with Gasteiger partial charge in [-0.2, -0.15) is 0 Å². The highest BCUT2D eigenvalue weighted by Crippen LogP contribution is 2.14. The Hall–Kier alpha value is -1.72. The van der Waals surface area contributed by atoms with Gasteiger partial charge in [-0.1, -0.05) is 0 Å². The van der Waals surface area contributed by atoms with Crippen molar-refractivity contribution >= 4 is 17.3 Å². The molecule has 0 bridgehead atoms. The number of hydrogen-bond donors (Lipinski definition) is 2. The Kier molecular flexibility index (Phi) is 4.44. The Morgan fingerprint density at radius 1 is 1.39 bits per heavy atom. The maximum atomic E-state index is 10.7. The third-order valence-electron chi connectivity index (χ3n) is 2.54. The van der Waals surface area contributed by atoms with Gasteiger partial charge >= 0.3 is 5.97 Å². The van der Waals surface area contributed by atoms with Gasteiger partial charge in [-0.15, -0.1) is 11.3 Å². The topological polar surface area (TPSA) is 62.2 Å². The molecule has 0 aliphatic carbocycles. The van der Waals surface area contributed by atoms with Crippen LogP contribution in [0.25, 0.3) is 0 Å². The molecule has 0 radical (unpaired) electrons. The van der Waals surface area contributed by atoms with Gasteiger partial charge in [-0.25, -0.2) is 4.79 Å². The number of carboxylic acids is 1. The molecule has 4 nitrogen and oxygen atoms in total. The molecule has 2 aromatic rings. The van der Waals surface area contributed by atoms with Gasteiger partial charge in [-0.05, 0) is 36.7 Å². The number of carbonyl (C=O) groups is 1. The van der Waals surface area contributed by atoms with Crippen LogP contribution in [-0.4, -0.2) is 22.6 Å². The summed E-state index contributed by atoms with van der Waals surface area (Å²) in [6.07, 6.45) is 4.52. The Morgan fingerprint density at radius 2 is 2.17 bits per heavy atom. The molecule has 94 valence electrons. The van der Waals surface area contributed by atoms with Gasteiger partial charge in [0.05, 0.1) is 5.56 Å². The largest absolute Gasteiger partial charge is 0.478 e. The molecule has 0 spiro atoms. The highest BCUT2D eigenvalue weighted by Gasteiger charge is 2.05. The second-order valence-electron chi connectivity index (χ2n) is 3.89. The van der Waals surface area contributed by atoms with Crippen molar-refractivity contribution < 1.29 is 9.90 Å². The SMILES string of the molecule is O=C(O)c1csc(CNCCc2ccncc2)c1. The van der Waals surface area contributed by atoms with E-state index in [9.17, 15) is 4.79 Å². The Morgan fingerprint density at radius 3 is 2.83 bits per heavy atom. The Balaban J connectivity index is 1.73. The maximum absolute atomic E-state index is 10.7. The lowest BCUT2D eigenvalue weighted by atomic mass is 10.2. The zero-order valence-electron chi connectivity index (χ0n) is 9.80. The fraction of sp³-hybridized carbons (Fsp3) is 0.231. The molecule has 2 aromatic heterocycles. The van der Waals surface area contributed by atoms with Crippen molar-refractivity contribution in [3.05, 3.63) is 52.0 Å². The minimum atomic E-state index is -0.866. The molecular formula is C13H14N2O2S. The summed E-state index contributed by atoms with van der Waals surface area (Å²) in [5, 5.41) is 13.8. The zero-order chi connectivity index (χ0) is 12.8. The number of aromatic nitrogens is 1. The van der Waals surface area contributed by atoms with Crippen LogP contribution in [0.1, 0.15) is 20.8 Å². The fourth-order valence-corrected chi connectivity index (χ4v) is 2.41. The highest BCUT2D eigenvalue weighted by molar-refractivity contribution is 7.10. The van der Waals surface area contributed by atoms with Crippen LogP contribution >= 0.6 is 11.3 Å². The van der Waals surface area contributed by atoms with E-state index in [-0.39, 0.29) is 0 Å². The molecule has 0 aliphatic heterocycles. The summed E-state index contributed by atoms with van der Waals surface area (Å²) >= 11 is 1.47. The van der Waals surface area contributed by atoms with Gasteiger partial charge < -0.3 is 10.4 Å². The second kappa shape index (κ2) is 6.28. The molecule has 0 aromatic carbocycles. The third kappa shape index (κ3) is 3.65. The first-order valence-corrected chi connectivity index (χ1v) is 6.54. The first-order valence-electron chi connectivity index (χ1n) is 5.66. The van der Waals surface area contributed by atoms with E-state index in [1.54, 1.807) is 23.8 Å². The summed E-state index contributed by atoms with van der Waals surface area (Å²) in [6.45, 7) is 1.58. The number of carboxylic acid groups (broad SMARTS) is 1. The normalized spacial score (nSPS) is 10.4. The minimum absolute atomic E-state index is 0.367. The van der Waals surface area contributed by atoms with Crippen molar-refractivity contribution in [2.45, 2.75) is 13.0 Å². The van der Waals surface area contributed by atoms with Crippen LogP contribution in [0.5, 0.6) is 0 Å². The summed E-state index contributed by atoms with van der Waals surface area (Å²) in [5.74, 6) is -0.866. The third-order valence-corrected chi connectivity index (χ3v) is 3.48. The lowest BCUT2D eigenvalue weighted by Crippen LogP contribution is -2.15. The van der Waals surface area contributed by atoms with Gasteiger partial charge in [0.25, 0.3) is 0 Å². The van der Waals surface area contributed by atoms with E-state index < -0.39 is 5.97 Å². The van der Waals surface area contributed by atoms with Crippen molar-refractivity contribution in [3.63, 3.8) is 0 Å². The number of thiophene rings is 1. The monoisotopic (exact) mass is 262 g/mol. The van der Waals surface area contributed by atoms with Crippen LogP contribution in [0.3, 0.4) is 0 Å². The number of nitrogens with zero attached hydrogens (tertiary/aromatic N) is 1. The molecule has 0 atom stereocenters. The van der Waals surface area contributed by atoms with Gasteiger partial charge in [0.1, 0.15) is 0 Å². The summed E-state index contributed by atoms with van der Waals surface area (Å²) in [5.41, 5.74) is 1.61. The molecule has 0 saturated heterocycles. The summed E-state index contributed by atoms with van der Waals surface area (Å²) in [4.78, 5) is 15.7. The quantitative estimate of drug-likeness (QED) is 0.783. The van der Waals surface area contributed by atoms with E-state index in [0.717, 1.165) is 17.8 Å². The van der Waals surface area contributed by atoms with Crippen LogP contribution in [-0.2, 0) is 13.0 Å². The Bertz CT molecular complexity index is 511. The first-order chi connectivity index (χ1) is 8.75. The molecule has 0 saturated carbocycles. The number of aromatic carboxylic acids is 1. The van der Waals surface area contributed by atoms with E-state index in [0.29, 0.717) is 12.1 Å². The van der Waals surface area contributed by atoms with Crippen LogP contribution in [0.4, 0.5) is 0 Å². The molecule has 2 N–H and O–H groups in total. The van der Waals surface area contributed by atoms with E-state index >= 15 is 0 Å². The second-order valence-corrected chi connectivity index (χ2v) is 4.88. The average Bonchev–Trinajstić information content (AvgIpc) is 2.85. The number of pyridine rings is 1. The van der Waals surface area contributed by atoms with Gasteiger partial charge in [0.15, 0.2) is 0 Å². The molecule has 18 heavy (non-hydrogen) atoms. The molecule has 5 heteroatoms. The highest BCUT2D eigenvalue weighted by atomic mass is 32.1. The molecule has 2 rings (SSSR count). The van der Waals surface area contributed by atoms with E-state index in [1.165, 1.54) is 16.9 Å². The van der Waals surface area contributed by atoms with Crippen LogP contribution in [0, 0.1) is 0 Å². The molecule has 0 aliphatic rings. The van der Waals surface area contributed by atoms with E-state index in [2.05, 4.69) is 10.3 Å². The van der Waals surface area contributed by atoms with Crippen molar-refractivity contribution in [1.29, 1.82) is 0 Å².